The third-order valence-electron chi connectivity index (χ3n) is 5.60. The molecule has 134 valence electrons. The van der Waals surface area contributed by atoms with Crippen LogP contribution in [0.15, 0.2) is 24.3 Å². The van der Waals surface area contributed by atoms with Crippen LogP contribution in [0.1, 0.15) is 37.8 Å². The van der Waals surface area contributed by atoms with E-state index in [1.54, 1.807) is 0 Å². The third-order valence-corrected chi connectivity index (χ3v) is 5.60. The van der Waals surface area contributed by atoms with Gasteiger partial charge in [0.15, 0.2) is 0 Å². The first-order chi connectivity index (χ1) is 11.9. The van der Waals surface area contributed by atoms with Gasteiger partial charge in [0.1, 0.15) is 6.04 Å². The largest absolute Gasteiger partial charge is 0.480 e. The Morgan fingerprint density at radius 3 is 2.76 bits per heavy atom. The summed E-state index contributed by atoms with van der Waals surface area (Å²) < 4.78 is 0. The monoisotopic (exact) mass is 344 g/mol. The minimum absolute atomic E-state index is 0.113. The standard InChI is InChI=1S/C19H24N2O4/c1-12(18(24)25)21(10-9-20-13(2)22)17(23)16-11-19(16)8-7-14-5-3-4-6-15(14)19/h3-6,12,16H,7-11H2,1-2H3,(H,20,22)(H,24,25). The summed E-state index contributed by atoms with van der Waals surface area (Å²) in [7, 11) is 0. The van der Waals surface area contributed by atoms with Crippen molar-refractivity contribution in [2.75, 3.05) is 13.1 Å². The van der Waals surface area contributed by atoms with Gasteiger partial charge >= 0.3 is 5.97 Å². The number of hydrogen-bond acceptors (Lipinski definition) is 3. The molecule has 0 heterocycles. The van der Waals surface area contributed by atoms with Crippen molar-refractivity contribution in [2.24, 2.45) is 5.92 Å². The fourth-order valence-corrected chi connectivity index (χ4v) is 4.10. The number of amides is 2. The van der Waals surface area contributed by atoms with Crippen molar-refractivity contribution < 1.29 is 19.5 Å². The van der Waals surface area contributed by atoms with Crippen molar-refractivity contribution in [3.05, 3.63) is 35.4 Å². The van der Waals surface area contributed by atoms with E-state index in [2.05, 4.69) is 17.4 Å². The third kappa shape index (κ3) is 3.13. The second-order valence-corrected chi connectivity index (χ2v) is 7.10. The molecule has 0 saturated heterocycles. The summed E-state index contributed by atoms with van der Waals surface area (Å²) in [5, 5.41) is 12.0. The smallest absolute Gasteiger partial charge is 0.326 e. The molecule has 0 aliphatic heterocycles. The van der Waals surface area contributed by atoms with Gasteiger partial charge in [0.2, 0.25) is 11.8 Å². The summed E-state index contributed by atoms with van der Waals surface area (Å²) in [6.07, 6.45) is 2.70. The second kappa shape index (κ2) is 6.50. The van der Waals surface area contributed by atoms with Gasteiger partial charge in [0, 0.05) is 31.3 Å². The number of aliphatic carboxylic acids is 1. The van der Waals surface area contributed by atoms with E-state index in [4.69, 9.17) is 0 Å². The average Bonchev–Trinajstić information content (AvgIpc) is 3.19. The van der Waals surface area contributed by atoms with E-state index in [9.17, 15) is 19.5 Å². The van der Waals surface area contributed by atoms with Crippen LogP contribution in [0.3, 0.4) is 0 Å². The molecular weight excluding hydrogens is 320 g/mol. The van der Waals surface area contributed by atoms with E-state index >= 15 is 0 Å². The first-order valence-corrected chi connectivity index (χ1v) is 8.73. The van der Waals surface area contributed by atoms with Gasteiger partial charge in [-0.2, -0.15) is 0 Å². The minimum Gasteiger partial charge on any atom is -0.480 e. The summed E-state index contributed by atoms with van der Waals surface area (Å²) in [5.74, 6) is -1.49. The van der Waals surface area contributed by atoms with Gasteiger partial charge in [-0.3, -0.25) is 9.59 Å². The highest BCUT2D eigenvalue weighted by Crippen LogP contribution is 2.62. The van der Waals surface area contributed by atoms with Crippen molar-refractivity contribution in [2.45, 2.75) is 44.6 Å². The highest BCUT2D eigenvalue weighted by atomic mass is 16.4. The van der Waals surface area contributed by atoms with Crippen LogP contribution >= 0.6 is 0 Å². The zero-order valence-corrected chi connectivity index (χ0v) is 14.6. The Labute approximate surface area is 147 Å². The molecule has 2 aliphatic carbocycles. The number of carbonyl (C=O) groups is 3. The first-order valence-electron chi connectivity index (χ1n) is 8.73. The first kappa shape index (κ1) is 17.5. The lowest BCUT2D eigenvalue weighted by molar-refractivity contribution is -0.150. The molecule has 6 heteroatoms. The Morgan fingerprint density at radius 2 is 2.08 bits per heavy atom. The summed E-state index contributed by atoms with van der Waals surface area (Å²) in [6, 6.07) is 7.32. The summed E-state index contributed by atoms with van der Waals surface area (Å²) in [4.78, 5) is 36.9. The lowest BCUT2D eigenvalue weighted by Gasteiger charge is -2.27. The maximum absolute atomic E-state index is 13.0. The number of nitrogens with zero attached hydrogens (tertiary/aromatic N) is 1. The Kier molecular flexibility index (Phi) is 4.54. The molecule has 1 fully saturated rings. The molecule has 2 amide bonds. The van der Waals surface area contributed by atoms with Crippen LogP contribution in [-0.4, -0.2) is 46.9 Å². The van der Waals surface area contributed by atoms with Crippen molar-refractivity contribution in [3.63, 3.8) is 0 Å². The number of carboxylic acid groups (broad SMARTS) is 1. The van der Waals surface area contributed by atoms with Gasteiger partial charge in [0.05, 0.1) is 0 Å². The topological polar surface area (TPSA) is 86.7 Å². The molecule has 3 atom stereocenters. The van der Waals surface area contributed by atoms with Crippen LogP contribution in [0.25, 0.3) is 0 Å². The number of nitrogens with one attached hydrogen (secondary N) is 1. The number of aryl methyl sites for hydroxylation is 1. The number of carboxylic acids is 1. The van der Waals surface area contributed by atoms with Gasteiger partial charge in [-0.25, -0.2) is 4.79 Å². The second-order valence-electron chi connectivity index (χ2n) is 7.10. The number of hydrogen-bond donors (Lipinski definition) is 2. The lowest BCUT2D eigenvalue weighted by Crippen LogP contribution is -2.48. The van der Waals surface area contributed by atoms with Crippen LogP contribution in [-0.2, 0) is 26.2 Å². The maximum Gasteiger partial charge on any atom is 0.326 e. The fraction of sp³-hybridized carbons (Fsp3) is 0.526. The van der Waals surface area contributed by atoms with Gasteiger partial charge in [-0.1, -0.05) is 24.3 Å². The molecule has 0 bridgehead atoms. The molecule has 1 aromatic rings. The van der Waals surface area contributed by atoms with Crippen LogP contribution in [0.2, 0.25) is 0 Å². The maximum atomic E-state index is 13.0. The van der Waals surface area contributed by atoms with E-state index in [-0.39, 0.29) is 36.2 Å². The molecule has 0 aromatic heterocycles. The van der Waals surface area contributed by atoms with E-state index in [0.717, 1.165) is 19.3 Å². The Hall–Kier alpha value is -2.37. The van der Waals surface area contributed by atoms with Crippen molar-refractivity contribution in [1.82, 2.24) is 10.2 Å². The molecule has 2 aliphatic rings. The van der Waals surface area contributed by atoms with Crippen LogP contribution in [0.4, 0.5) is 0 Å². The molecule has 2 N–H and O–H groups in total. The van der Waals surface area contributed by atoms with Crippen molar-refractivity contribution in [1.29, 1.82) is 0 Å². The van der Waals surface area contributed by atoms with E-state index in [0.29, 0.717) is 0 Å². The zero-order valence-electron chi connectivity index (χ0n) is 14.6. The van der Waals surface area contributed by atoms with Gasteiger partial charge in [0.25, 0.3) is 0 Å². The minimum atomic E-state index is -1.03. The van der Waals surface area contributed by atoms with E-state index < -0.39 is 12.0 Å². The average molecular weight is 344 g/mol. The highest BCUT2D eigenvalue weighted by molar-refractivity contribution is 5.89. The number of benzene rings is 1. The quantitative estimate of drug-likeness (QED) is 0.815. The lowest BCUT2D eigenvalue weighted by atomic mass is 9.95. The predicted molar refractivity (Wildman–Crippen MR) is 92.0 cm³/mol. The number of fused-ring (bicyclic) bond motifs is 2. The zero-order chi connectivity index (χ0) is 18.2. The molecule has 3 rings (SSSR count). The predicted octanol–water partition coefficient (Wildman–Crippen LogP) is 1.33. The van der Waals surface area contributed by atoms with Gasteiger partial charge in [-0.05, 0) is 37.3 Å². The van der Waals surface area contributed by atoms with Gasteiger partial charge in [-0.15, -0.1) is 0 Å². The molecule has 25 heavy (non-hydrogen) atoms. The SMILES string of the molecule is CC(=O)NCCN(C(=O)C1CC12CCc1ccccc12)C(C)C(=O)O. The van der Waals surface area contributed by atoms with Crippen molar-refractivity contribution in [3.8, 4) is 0 Å². The van der Waals surface area contributed by atoms with Crippen LogP contribution in [0, 0.1) is 5.92 Å². The Morgan fingerprint density at radius 1 is 1.36 bits per heavy atom. The Bertz CT molecular complexity index is 717. The number of rotatable bonds is 6. The summed E-state index contributed by atoms with van der Waals surface area (Å²) in [5.41, 5.74) is 2.44. The van der Waals surface area contributed by atoms with Crippen LogP contribution in [0.5, 0.6) is 0 Å². The van der Waals surface area contributed by atoms with Crippen LogP contribution < -0.4 is 5.32 Å². The van der Waals surface area contributed by atoms with Gasteiger partial charge < -0.3 is 15.3 Å². The molecule has 6 nitrogen and oxygen atoms in total. The molecule has 3 unspecified atom stereocenters. The van der Waals surface area contributed by atoms with Crippen molar-refractivity contribution >= 4 is 17.8 Å². The molecular formula is C19H24N2O4. The van der Waals surface area contributed by atoms with E-state index in [1.807, 2.05) is 12.1 Å². The molecule has 1 saturated carbocycles. The summed E-state index contributed by atoms with van der Waals surface area (Å²) in [6.45, 7) is 3.39. The molecule has 0 radical (unpaired) electrons. The fourth-order valence-electron chi connectivity index (χ4n) is 4.10. The molecule has 1 spiro atoms. The van der Waals surface area contributed by atoms with E-state index in [1.165, 1.54) is 29.9 Å². The summed E-state index contributed by atoms with van der Waals surface area (Å²) >= 11 is 0. The highest BCUT2D eigenvalue weighted by Gasteiger charge is 2.62. The number of carbonyl (C=O) groups excluding carboxylic acids is 2. The normalized spacial score (nSPS) is 24.5. The molecule has 1 aromatic carbocycles. The Balaban J connectivity index is 1.75.